The maximum Gasteiger partial charge on any atom is 0.234 e. The number of hydrogen-bond donors (Lipinski definition) is 1. The lowest BCUT2D eigenvalue weighted by molar-refractivity contribution is -0.113. The van der Waals surface area contributed by atoms with Gasteiger partial charge in [0.05, 0.1) is 5.75 Å². The summed E-state index contributed by atoms with van der Waals surface area (Å²) in [5.41, 5.74) is 1.87. The minimum Gasteiger partial charge on any atom is -0.457 e. The van der Waals surface area contributed by atoms with Gasteiger partial charge >= 0.3 is 0 Å². The van der Waals surface area contributed by atoms with Gasteiger partial charge in [-0.25, -0.2) is 0 Å². The fourth-order valence-electron chi connectivity index (χ4n) is 2.70. The second-order valence-corrected chi connectivity index (χ2v) is 7.78. The molecule has 0 atom stereocenters. The SMILES string of the molecule is Cc1cccc(Oc2ccc(NC(=O)CSc3nnc(C(C)C)n3C)cc2)c1. The molecule has 146 valence electrons. The van der Waals surface area contributed by atoms with Crippen molar-refractivity contribution in [1.82, 2.24) is 14.8 Å². The van der Waals surface area contributed by atoms with E-state index in [1.165, 1.54) is 11.8 Å². The largest absolute Gasteiger partial charge is 0.457 e. The second kappa shape index (κ2) is 8.93. The Morgan fingerprint density at radius 3 is 2.54 bits per heavy atom. The number of carbonyl (C=O) groups excluding carboxylic acids is 1. The van der Waals surface area contributed by atoms with Gasteiger partial charge in [0, 0.05) is 18.7 Å². The van der Waals surface area contributed by atoms with Gasteiger partial charge in [-0.1, -0.05) is 37.7 Å². The molecule has 1 N–H and O–H groups in total. The number of rotatable bonds is 7. The summed E-state index contributed by atoms with van der Waals surface area (Å²) >= 11 is 1.37. The Labute approximate surface area is 169 Å². The highest BCUT2D eigenvalue weighted by Crippen LogP contribution is 2.24. The lowest BCUT2D eigenvalue weighted by Crippen LogP contribution is -2.14. The lowest BCUT2D eigenvalue weighted by atomic mass is 10.2. The van der Waals surface area contributed by atoms with Crippen LogP contribution in [0.1, 0.15) is 31.2 Å². The number of hydrogen-bond acceptors (Lipinski definition) is 5. The Morgan fingerprint density at radius 1 is 1.14 bits per heavy atom. The molecule has 0 aliphatic rings. The molecule has 0 saturated heterocycles. The third kappa shape index (κ3) is 5.13. The number of nitrogens with zero attached hydrogens (tertiary/aromatic N) is 3. The van der Waals surface area contributed by atoms with Crippen LogP contribution in [0.3, 0.4) is 0 Å². The van der Waals surface area contributed by atoms with Crippen LogP contribution in [0, 0.1) is 6.92 Å². The molecular weight excluding hydrogens is 372 g/mol. The highest BCUT2D eigenvalue weighted by atomic mass is 32.2. The third-order valence-corrected chi connectivity index (χ3v) is 5.10. The van der Waals surface area contributed by atoms with Gasteiger partial charge in [-0.3, -0.25) is 4.79 Å². The van der Waals surface area contributed by atoms with Gasteiger partial charge in [-0.05, 0) is 48.9 Å². The van der Waals surface area contributed by atoms with Crippen LogP contribution in [0.5, 0.6) is 11.5 Å². The van der Waals surface area contributed by atoms with Crippen LogP contribution in [0.2, 0.25) is 0 Å². The van der Waals surface area contributed by atoms with Gasteiger partial charge in [-0.2, -0.15) is 0 Å². The van der Waals surface area contributed by atoms with Crippen molar-refractivity contribution in [3.05, 3.63) is 59.9 Å². The van der Waals surface area contributed by atoms with Gasteiger partial charge in [0.2, 0.25) is 5.91 Å². The first-order chi connectivity index (χ1) is 13.4. The lowest BCUT2D eigenvalue weighted by Gasteiger charge is -2.09. The molecule has 7 heteroatoms. The summed E-state index contributed by atoms with van der Waals surface area (Å²) < 4.78 is 7.76. The molecule has 3 rings (SSSR count). The van der Waals surface area contributed by atoms with Crippen molar-refractivity contribution in [3.63, 3.8) is 0 Å². The average Bonchev–Trinajstić information content (AvgIpc) is 3.02. The average molecular weight is 397 g/mol. The first-order valence-corrected chi connectivity index (χ1v) is 10.1. The van der Waals surface area contributed by atoms with Crippen molar-refractivity contribution < 1.29 is 9.53 Å². The van der Waals surface area contributed by atoms with Crippen LogP contribution in [-0.2, 0) is 11.8 Å². The molecule has 0 bridgehead atoms. The fraction of sp³-hybridized carbons (Fsp3) is 0.286. The number of anilines is 1. The molecular formula is C21H24N4O2S. The van der Waals surface area contributed by atoms with Crippen LogP contribution >= 0.6 is 11.8 Å². The third-order valence-electron chi connectivity index (χ3n) is 4.08. The highest BCUT2D eigenvalue weighted by Gasteiger charge is 2.13. The molecule has 0 saturated carbocycles. The van der Waals surface area contributed by atoms with Crippen LogP contribution in [0.15, 0.2) is 53.7 Å². The quantitative estimate of drug-likeness (QED) is 0.583. The smallest absolute Gasteiger partial charge is 0.234 e. The molecule has 2 aromatic carbocycles. The number of ether oxygens (including phenoxy) is 1. The summed E-state index contributed by atoms with van der Waals surface area (Å²) in [6, 6.07) is 15.2. The topological polar surface area (TPSA) is 69.0 Å². The summed E-state index contributed by atoms with van der Waals surface area (Å²) in [6.45, 7) is 6.16. The van der Waals surface area contributed by atoms with Crippen molar-refractivity contribution in [2.24, 2.45) is 7.05 Å². The molecule has 6 nitrogen and oxygen atoms in total. The predicted octanol–water partition coefficient (Wildman–Crippen LogP) is 4.77. The zero-order valence-corrected chi connectivity index (χ0v) is 17.3. The molecule has 0 unspecified atom stereocenters. The predicted molar refractivity (Wildman–Crippen MR) is 112 cm³/mol. The molecule has 1 aromatic heterocycles. The molecule has 1 amide bonds. The van der Waals surface area contributed by atoms with E-state index in [1.807, 2.05) is 67.1 Å². The van der Waals surface area contributed by atoms with Crippen molar-refractivity contribution in [1.29, 1.82) is 0 Å². The van der Waals surface area contributed by atoms with Gasteiger partial charge in [0.25, 0.3) is 0 Å². The molecule has 0 aliphatic carbocycles. The van der Waals surface area contributed by atoms with E-state index in [4.69, 9.17) is 4.74 Å². The zero-order chi connectivity index (χ0) is 20.1. The summed E-state index contributed by atoms with van der Waals surface area (Å²) in [7, 11) is 1.92. The monoisotopic (exact) mass is 396 g/mol. The maximum atomic E-state index is 12.2. The van der Waals surface area contributed by atoms with E-state index < -0.39 is 0 Å². The standard InChI is InChI=1S/C21H24N4O2S/c1-14(2)20-23-24-21(25(20)4)28-13-19(26)22-16-8-10-17(11-9-16)27-18-7-5-6-15(3)12-18/h5-12,14H,13H2,1-4H3,(H,22,26). The summed E-state index contributed by atoms with van der Waals surface area (Å²) in [5, 5.41) is 12.0. The second-order valence-electron chi connectivity index (χ2n) is 6.83. The summed E-state index contributed by atoms with van der Waals surface area (Å²) in [4.78, 5) is 12.2. The van der Waals surface area contributed by atoms with Crippen molar-refractivity contribution in [2.45, 2.75) is 31.8 Å². The van der Waals surface area contributed by atoms with Crippen LogP contribution in [0.4, 0.5) is 5.69 Å². The molecule has 3 aromatic rings. The Bertz CT molecular complexity index is 951. The van der Waals surface area contributed by atoms with Gasteiger partial charge < -0.3 is 14.6 Å². The molecule has 0 radical (unpaired) electrons. The number of carbonyl (C=O) groups is 1. The summed E-state index contributed by atoms with van der Waals surface area (Å²) in [6.07, 6.45) is 0. The van der Waals surface area contributed by atoms with Crippen LogP contribution in [-0.4, -0.2) is 26.4 Å². The van der Waals surface area contributed by atoms with E-state index >= 15 is 0 Å². The van der Waals surface area contributed by atoms with E-state index in [2.05, 4.69) is 29.4 Å². The Morgan fingerprint density at radius 2 is 1.89 bits per heavy atom. The van der Waals surface area contributed by atoms with Crippen LogP contribution < -0.4 is 10.1 Å². The molecule has 0 spiro atoms. The molecule has 28 heavy (non-hydrogen) atoms. The van der Waals surface area contributed by atoms with Crippen LogP contribution in [0.25, 0.3) is 0 Å². The Balaban J connectivity index is 1.53. The zero-order valence-electron chi connectivity index (χ0n) is 16.5. The first kappa shape index (κ1) is 19.9. The number of benzene rings is 2. The van der Waals surface area contributed by atoms with E-state index in [0.29, 0.717) is 5.92 Å². The Hall–Kier alpha value is -2.80. The van der Waals surface area contributed by atoms with Gasteiger partial charge in [0.1, 0.15) is 17.3 Å². The van der Waals surface area contributed by atoms with E-state index in [-0.39, 0.29) is 11.7 Å². The molecule has 0 fully saturated rings. The molecule has 1 heterocycles. The Kier molecular flexibility index (Phi) is 6.36. The molecule has 0 aliphatic heterocycles. The number of aromatic nitrogens is 3. The minimum absolute atomic E-state index is 0.0913. The van der Waals surface area contributed by atoms with E-state index in [1.54, 1.807) is 0 Å². The normalized spacial score (nSPS) is 10.9. The number of amides is 1. The van der Waals surface area contributed by atoms with Gasteiger partial charge in [0.15, 0.2) is 5.16 Å². The summed E-state index contributed by atoms with van der Waals surface area (Å²) in [5.74, 6) is 2.89. The highest BCUT2D eigenvalue weighted by molar-refractivity contribution is 7.99. The maximum absolute atomic E-state index is 12.2. The fourth-order valence-corrected chi connectivity index (χ4v) is 3.42. The van der Waals surface area contributed by atoms with E-state index in [0.717, 1.165) is 33.7 Å². The van der Waals surface area contributed by atoms with Crippen molar-refractivity contribution in [2.75, 3.05) is 11.1 Å². The van der Waals surface area contributed by atoms with E-state index in [9.17, 15) is 4.79 Å². The van der Waals surface area contributed by atoms with Crippen molar-refractivity contribution >= 4 is 23.4 Å². The van der Waals surface area contributed by atoms with Crippen molar-refractivity contribution in [3.8, 4) is 11.5 Å². The van der Waals surface area contributed by atoms with Gasteiger partial charge in [-0.15, -0.1) is 10.2 Å². The number of nitrogens with one attached hydrogen (secondary N) is 1. The minimum atomic E-state index is -0.0913. The number of aryl methyl sites for hydroxylation is 1. The first-order valence-electron chi connectivity index (χ1n) is 9.09. The number of thioether (sulfide) groups is 1.